The third kappa shape index (κ3) is 2.21. The van der Waals surface area contributed by atoms with Crippen LogP contribution in [0, 0.1) is 17.7 Å². The van der Waals surface area contributed by atoms with Gasteiger partial charge in [0.25, 0.3) is 5.91 Å². The minimum atomic E-state index is -1.03. The smallest absolute Gasteiger partial charge is 0.415 e. The van der Waals surface area contributed by atoms with Crippen LogP contribution in [0.3, 0.4) is 0 Å². The molecule has 1 aliphatic carbocycles. The maximum Gasteiger partial charge on any atom is 0.415 e. The lowest BCUT2D eigenvalue weighted by molar-refractivity contribution is -0.133. The molecule has 1 aromatic carbocycles. The molecule has 0 radical (unpaired) electrons. The van der Waals surface area contributed by atoms with E-state index in [0.717, 1.165) is 5.56 Å². The molecule has 5 rings (SSSR count). The molecular weight excluding hydrogens is 357 g/mol. The maximum absolute atomic E-state index is 14.8. The van der Waals surface area contributed by atoms with Crippen molar-refractivity contribution in [3.8, 4) is 0 Å². The zero-order chi connectivity index (χ0) is 19.0. The van der Waals surface area contributed by atoms with Crippen LogP contribution in [-0.4, -0.2) is 59.8 Å². The van der Waals surface area contributed by atoms with Crippen molar-refractivity contribution >= 4 is 23.6 Å². The van der Waals surface area contributed by atoms with E-state index in [2.05, 4.69) is 0 Å². The van der Waals surface area contributed by atoms with Gasteiger partial charge in [-0.1, -0.05) is 6.07 Å². The number of aliphatic hydroxyl groups excluding tert-OH is 1. The lowest BCUT2D eigenvalue weighted by Crippen LogP contribution is -2.41. The predicted molar refractivity (Wildman–Crippen MR) is 89.2 cm³/mol. The Bertz CT molecular complexity index is 878. The molecule has 0 spiro atoms. The zero-order valence-corrected chi connectivity index (χ0v) is 14.3. The third-order valence-electron chi connectivity index (χ3n) is 6.31. The number of fused-ring (bicyclic) bond motifs is 4. The molecule has 2 saturated heterocycles. The van der Waals surface area contributed by atoms with E-state index in [-0.39, 0.29) is 23.7 Å². The first kappa shape index (κ1) is 16.5. The van der Waals surface area contributed by atoms with E-state index in [4.69, 9.17) is 15.6 Å². The number of ether oxygens (including phenoxy) is 1. The molecule has 9 heteroatoms. The van der Waals surface area contributed by atoms with Gasteiger partial charge < -0.3 is 20.5 Å². The average Bonchev–Trinajstić information content (AvgIpc) is 2.97. The van der Waals surface area contributed by atoms with Crippen molar-refractivity contribution in [2.75, 3.05) is 24.6 Å². The summed E-state index contributed by atoms with van der Waals surface area (Å²) < 4.78 is 19.8. The summed E-state index contributed by atoms with van der Waals surface area (Å²) in [6.45, 7) is 0.540. The first-order valence-corrected chi connectivity index (χ1v) is 8.90. The average molecular weight is 375 g/mol. The number of primary amides is 1. The van der Waals surface area contributed by atoms with Crippen molar-refractivity contribution < 1.29 is 28.6 Å². The van der Waals surface area contributed by atoms with Crippen LogP contribution in [0.5, 0.6) is 0 Å². The van der Waals surface area contributed by atoms with E-state index >= 15 is 0 Å². The summed E-state index contributed by atoms with van der Waals surface area (Å²) in [7, 11) is 0. The largest absolute Gasteiger partial charge is 0.433 e. The van der Waals surface area contributed by atoms with Crippen molar-refractivity contribution in [1.82, 2.24) is 4.90 Å². The van der Waals surface area contributed by atoms with E-state index in [1.54, 1.807) is 11.0 Å². The van der Waals surface area contributed by atoms with E-state index < -0.39 is 36.6 Å². The quantitative estimate of drug-likeness (QED) is 0.755. The normalized spacial score (nSPS) is 32.8. The van der Waals surface area contributed by atoms with Crippen molar-refractivity contribution in [2.24, 2.45) is 17.6 Å². The molecule has 0 bridgehead atoms. The first-order valence-electron chi connectivity index (χ1n) is 8.90. The molecular formula is C18H18FN3O5. The number of aliphatic hydroxyl groups is 1. The van der Waals surface area contributed by atoms with Crippen LogP contribution in [-0.2, 0) is 20.7 Å². The SMILES string of the molecule is NC(=O)C1OC(=O)N2c3cc(F)c(C4C5CN(C(=O)CO)CC54)cc3C[C@@H]12. The molecule has 3 aliphatic heterocycles. The highest BCUT2D eigenvalue weighted by molar-refractivity contribution is 5.98. The molecule has 4 aliphatic rings. The Morgan fingerprint density at radius 3 is 2.63 bits per heavy atom. The number of carbonyl (C=O) groups is 3. The number of cyclic esters (lactones) is 1. The van der Waals surface area contributed by atoms with Crippen molar-refractivity contribution in [3.05, 3.63) is 29.1 Å². The summed E-state index contributed by atoms with van der Waals surface area (Å²) in [4.78, 5) is 38.1. The number of anilines is 1. The molecule has 0 aromatic heterocycles. The number of nitrogens with zero attached hydrogens (tertiary/aromatic N) is 2. The van der Waals surface area contributed by atoms with Gasteiger partial charge in [0.2, 0.25) is 12.0 Å². The van der Waals surface area contributed by atoms with Gasteiger partial charge in [0.15, 0.2) is 0 Å². The number of benzene rings is 1. The highest BCUT2D eigenvalue weighted by Crippen LogP contribution is 2.59. The fraction of sp³-hybridized carbons (Fsp3) is 0.500. The molecule has 4 atom stereocenters. The van der Waals surface area contributed by atoms with Crippen LogP contribution in [0.1, 0.15) is 17.0 Å². The van der Waals surface area contributed by atoms with E-state index in [1.807, 2.05) is 0 Å². The Kier molecular flexibility index (Phi) is 3.31. The number of carbonyl (C=O) groups excluding carboxylic acids is 3. The van der Waals surface area contributed by atoms with Gasteiger partial charge in [0.1, 0.15) is 12.4 Å². The molecule has 27 heavy (non-hydrogen) atoms. The Morgan fingerprint density at radius 1 is 1.30 bits per heavy atom. The third-order valence-corrected chi connectivity index (χ3v) is 6.31. The van der Waals surface area contributed by atoms with Crippen LogP contribution in [0.2, 0.25) is 0 Å². The van der Waals surface area contributed by atoms with Gasteiger partial charge in [0.05, 0.1) is 11.7 Å². The Hall–Kier alpha value is -2.68. The van der Waals surface area contributed by atoms with Crippen molar-refractivity contribution in [3.63, 3.8) is 0 Å². The molecule has 3 heterocycles. The zero-order valence-electron chi connectivity index (χ0n) is 14.3. The van der Waals surface area contributed by atoms with E-state index in [1.165, 1.54) is 11.0 Å². The first-order chi connectivity index (χ1) is 12.9. The topological polar surface area (TPSA) is 113 Å². The van der Waals surface area contributed by atoms with Gasteiger partial charge >= 0.3 is 6.09 Å². The van der Waals surface area contributed by atoms with Gasteiger partial charge in [-0.25, -0.2) is 9.18 Å². The van der Waals surface area contributed by atoms with Crippen LogP contribution in [0.4, 0.5) is 14.9 Å². The van der Waals surface area contributed by atoms with Gasteiger partial charge in [-0.2, -0.15) is 0 Å². The molecule has 1 aromatic rings. The minimum absolute atomic E-state index is 0.0346. The van der Waals surface area contributed by atoms with Gasteiger partial charge in [-0.3, -0.25) is 14.5 Å². The number of hydrogen-bond donors (Lipinski definition) is 2. The second-order valence-electron chi connectivity index (χ2n) is 7.66. The van der Waals surface area contributed by atoms with Crippen LogP contribution in [0.15, 0.2) is 12.1 Å². The number of nitrogens with two attached hydrogens (primary N) is 1. The summed E-state index contributed by atoms with van der Waals surface area (Å²) in [5.74, 6) is -0.992. The van der Waals surface area contributed by atoms with Crippen molar-refractivity contribution in [2.45, 2.75) is 24.5 Å². The molecule has 142 valence electrons. The fourth-order valence-electron chi connectivity index (χ4n) is 5.02. The standard InChI is InChI=1S/C18H18FN3O5/c19-11-3-12-7(2-13-16(17(20)25)27-18(26)22(12)13)1-8(11)15-9-4-21(5-10(9)15)14(24)6-23/h1,3,9-10,13,15-16,23H,2,4-6H2,(H2,20,25)/t9?,10?,13-,15?,16?/m0/s1. The molecule has 3 fully saturated rings. The monoisotopic (exact) mass is 375 g/mol. The number of halogens is 1. The summed E-state index contributed by atoms with van der Waals surface area (Å²) in [6.07, 6.45) is -1.33. The Morgan fingerprint density at radius 2 is 2.00 bits per heavy atom. The van der Waals surface area contributed by atoms with Gasteiger partial charge in [-0.15, -0.1) is 0 Å². The second kappa shape index (κ2) is 5.41. The highest BCUT2D eigenvalue weighted by Gasteiger charge is 2.58. The highest BCUT2D eigenvalue weighted by atomic mass is 19.1. The molecule has 3 unspecified atom stereocenters. The molecule has 3 N–H and O–H groups in total. The fourth-order valence-corrected chi connectivity index (χ4v) is 5.02. The Balaban J connectivity index is 1.40. The predicted octanol–water partition coefficient (Wildman–Crippen LogP) is -0.275. The minimum Gasteiger partial charge on any atom is -0.433 e. The second-order valence-corrected chi connectivity index (χ2v) is 7.66. The summed E-state index contributed by atoms with van der Waals surface area (Å²) in [5.41, 5.74) is 7.13. The molecule has 3 amide bonds. The number of hydrogen-bond acceptors (Lipinski definition) is 5. The number of piperidine rings is 1. The number of likely N-dealkylation sites (tertiary alicyclic amines) is 1. The van der Waals surface area contributed by atoms with Crippen molar-refractivity contribution in [1.29, 1.82) is 0 Å². The van der Waals surface area contributed by atoms with Crippen LogP contribution >= 0.6 is 0 Å². The van der Waals surface area contributed by atoms with Gasteiger partial charge in [0, 0.05) is 13.1 Å². The van der Waals surface area contributed by atoms with E-state index in [0.29, 0.717) is 30.8 Å². The molecule has 1 saturated carbocycles. The summed E-state index contributed by atoms with van der Waals surface area (Å²) in [6, 6.07) is 2.58. The lowest BCUT2D eigenvalue weighted by Gasteiger charge is -2.19. The van der Waals surface area contributed by atoms with Gasteiger partial charge in [-0.05, 0) is 41.4 Å². The van der Waals surface area contributed by atoms with Crippen LogP contribution < -0.4 is 10.6 Å². The maximum atomic E-state index is 14.8. The lowest BCUT2D eigenvalue weighted by atomic mass is 9.99. The summed E-state index contributed by atoms with van der Waals surface area (Å²) >= 11 is 0. The number of rotatable bonds is 3. The number of amides is 3. The van der Waals surface area contributed by atoms with E-state index in [9.17, 15) is 18.8 Å². The summed E-state index contributed by atoms with van der Waals surface area (Å²) in [5, 5.41) is 8.96. The van der Waals surface area contributed by atoms with Crippen LogP contribution in [0.25, 0.3) is 0 Å². The molecule has 8 nitrogen and oxygen atoms in total. The Labute approximate surface area is 153 Å².